The van der Waals surface area contributed by atoms with Crippen LogP contribution < -0.4 is 19.7 Å². The lowest BCUT2D eigenvalue weighted by Crippen LogP contribution is -3.11. The highest BCUT2D eigenvalue weighted by Crippen LogP contribution is 2.31. The third-order valence-electron chi connectivity index (χ3n) is 5.20. The molecule has 28 heavy (non-hydrogen) atoms. The van der Waals surface area contributed by atoms with E-state index in [4.69, 9.17) is 14.7 Å². The van der Waals surface area contributed by atoms with Crippen LogP contribution in [0.15, 0.2) is 42.5 Å². The summed E-state index contributed by atoms with van der Waals surface area (Å²) in [6.45, 7) is 1.34. The van der Waals surface area contributed by atoms with Crippen molar-refractivity contribution in [3.63, 3.8) is 0 Å². The van der Waals surface area contributed by atoms with Gasteiger partial charge < -0.3 is 19.7 Å². The average Bonchev–Trinajstić information content (AvgIpc) is 3.16. The minimum atomic E-state index is -0.0169. The molecule has 1 aliphatic heterocycles. The second-order valence-electron chi connectivity index (χ2n) is 6.97. The highest BCUT2D eigenvalue weighted by molar-refractivity contribution is 5.91. The van der Waals surface area contributed by atoms with Crippen LogP contribution in [0, 0.1) is 11.3 Å². The molecule has 6 nitrogen and oxygen atoms in total. The summed E-state index contributed by atoms with van der Waals surface area (Å²) in [7, 11) is 3.32. The van der Waals surface area contributed by atoms with E-state index in [9.17, 15) is 4.79 Å². The summed E-state index contributed by atoms with van der Waals surface area (Å²) in [5, 5.41) is 11.7. The number of hydrogen-bond donors (Lipinski definition) is 2. The van der Waals surface area contributed by atoms with Gasteiger partial charge in [0.2, 0.25) is 0 Å². The van der Waals surface area contributed by atoms with Crippen LogP contribution in [0.3, 0.4) is 0 Å². The standard InChI is InChI=1S/C22H25N3O3/c1-27-18-9-10-21(28-2)19(14-18)20-4-3-13-25(20)15-22(26)24-17-7-5-16(6-8-17)11-12-23/h5-10,14,20H,3-4,11,13,15H2,1-2H3,(H,24,26)/p+1/t20-/m0/s1. The zero-order chi connectivity index (χ0) is 19.9. The number of carbonyl (C=O) groups is 1. The molecule has 0 bridgehead atoms. The molecule has 0 aromatic heterocycles. The van der Waals surface area contributed by atoms with Crippen LogP contribution in [0.1, 0.15) is 30.0 Å². The second kappa shape index (κ2) is 9.25. The number of ether oxygens (including phenoxy) is 2. The Labute approximate surface area is 165 Å². The first-order chi connectivity index (χ1) is 13.6. The third kappa shape index (κ3) is 4.62. The monoisotopic (exact) mass is 380 g/mol. The van der Waals surface area contributed by atoms with E-state index in [0.29, 0.717) is 13.0 Å². The number of rotatable bonds is 7. The maximum absolute atomic E-state index is 12.6. The molecule has 1 amide bonds. The molecule has 0 saturated carbocycles. The number of nitriles is 1. The predicted molar refractivity (Wildman–Crippen MR) is 107 cm³/mol. The number of nitrogens with zero attached hydrogens (tertiary/aromatic N) is 1. The highest BCUT2D eigenvalue weighted by atomic mass is 16.5. The molecule has 1 heterocycles. The molecule has 6 heteroatoms. The molecular formula is C22H26N3O3+. The number of benzene rings is 2. The number of hydrogen-bond acceptors (Lipinski definition) is 4. The van der Waals surface area contributed by atoms with E-state index in [-0.39, 0.29) is 11.9 Å². The molecule has 2 atom stereocenters. The van der Waals surface area contributed by atoms with Gasteiger partial charge in [-0.2, -0.15) is 5.26 Å². The minimum absolute atomic E-state index is 0.0169. The molecule has 1 saturated heterocycles. The Kier molecular flexibility index (Phi) is 6.51. The lowest BCUT2D eigenvalue weighted by Gasteiger charge is -2.23. The van der Waals surface area contributed by atoms with Gasteiger partial charge in [0, 0.05) is 18.5 Å². The molecule has 3 rings (SSSR count). The number of likely N-dealkylation sites (tertiary alicyclic amines) is 1. The molecule has 0 radical (unpaired) electrons. The Hall–Kier alpha value is -3.04. The summed E-state index contributed by atoms with van der Waals surface area (Å²) in [5.41, 5.74) is 2.78. The summed E-state index contributed by atoms with van der Waals surface area (Å²) in [6.07, 6.45) is 2.45. The first kappa shape index (κ1) is 19.7. The molecule has 2 N–H and O–H groups in total. The maximum Gasteiger partial charge on any atom is 0.279 e. The van der Waals surface area contributed by atoms with E-state index in [0.717, 1.165) is 47.7 Å². The van der Waals surface area contributed by atoms with Gasteiger partial charge in [-0.25, -0.2) is 0 Å². The molecule has 1 fully saturated rings. The molecule has 1 unspecified atom stereocenters. The van der Waals surface area contributed by atoms with Crippen molar-refractivity contribution in [3.8, 4) is 17.6 Å². The van der Waals surface area contributed by atoms with Gasteiger partial charge >= 0.3 is 0 Å². The largest absolute Gasteiger partial charge is 0.497 e. The van der Waals surface area contributed by atoms with Gasteiger partial charge in [0.1, 0.15) is 17.5 Å². The molecule has 2 aromatic carbocycles. The van der Waals surface area contributed by atoms with Crippen LogP contribution in [0.2, 0.25) is 0 Å². The fraction of sp³-hybridized carbons (Fsp3) is 0.364. The van der Waals surface area contributed by atoms with Crippen molar-refractivity contribution in [1.82, 2.24) is 0 Å². The van der Waals surface area contributed by atoms with E-state index in [1.165, 1.54) is 4.90 Å². The number of amides is 1. The van der Waals surface area contributed by atoms with E-state index in [2.05, 4.69) is 11.4 Å². The topological polar surface area (TPSA) is 75.8 Å². The Morgan fingerprint density at radius 2 is 2.00 bits per heavy atom. The number of quaternary nitrogens is 1. The fourth-order valence-corrected chi connectivity index (χ4v) is 3.82. The molecule has 0 spiro atoms. The van der Waals surface area contributed by atoms with Gasteiger partial charge in [-0.1, -0.05) is 12.1 Å². The van der Waals surface area contributed by atoms with E-state index in [1.807, 2.05) is 42.5 Å². The van der Waals surface area contributed by atoms with Crippen LogP contribution in [-0.4, -0.2) is 33.2 Å². The Balaban J connectivity index is 1.68. The first-order valence-electron chi connectivity index (χ1n) is 9.47. The van der Waals surface area contributed by atoms with Crippen molar-refractivity contribution >= 4 is 11.6 Å². The molecule has 0 aliphatic carbocycles. The van der Waals surface area contributed by atoms with Gasteiger partial charge in [0.25, 0.3) is 5.91 Å². The number of nitrogens with one attached hydrogen (secondary N) is 2. The summed E-state index contributed by atoms with van der Waals surface area (Å²) >= 11 is 0. The van der Waals surface area contributed by atoms with Crippen molar-refractivity contribution in [2.45, 2.75) is 25.3 Å². The Bertz CT molecular complexity index is 858. The van der Waals surface area contributed by atoms with Crippen LogP contribution >= 0.6 is 0 Å². The number of anilines is 1. The van der Waals surface area contributed by atoms with E-state index >= 15 is 0 Å². The molecule has 1 aliphatic rings. The van der Waals surface area contributed by atoms with Crippen molar-refractivity contribution in [1.29, 1.82) is 5.26 Å². The van der Waals surface area contributed by atoms with Gasteiger partial charge in [0.15, 0.2) is 6.54 Å². The zero-order valence-corrected chi connectivity index (χ0v) is 16.3. The second-order valence-corrected chi connectivity index (χ2v) is 6.97. The fourth-order valence-electron chi connectivity index (χ4n) is 3.82. The predicted octanol–water partition coefficient (Wildman–Crippen LogP) is 2.13. The van der Waals surface area contributed by atoms with Crippen molar-refractivity contribution < 1.29 is 19.2 Å². The van der Waals surface area contributed by atoms with Crippen LogP contribution in [0.4, 0.5) is 5.69 Å². The average molecular weight is 380 g/mol. The molecule has 2 aromatic rings. The SMILES string of the molecule is COc1ccc(OC)c([C@@H]2CCC[NH+]2CC(=O)Nc2ccc(CC#N)cc2)c1. The minimum Gasteiger partial charge on any atom is -0.497 e. The summed E-state index contributed by atoms with van der Waals surface area (Å²) in [5.74, 6) is 1.61. The van der Waals surface area contributed by atoms with Gasteiger partial charge in [-0.15, -0.1) is 0 Å². The van der Waals surface area contributed by atoms with Gasteiger partial charge in [0.05, 0.1) is 38.8 Å². The molecular weight excluding hydrogens is 354 g/mol. The third-order valence-corrected chi connectivity index (χ3v) is 5.20. The van der Waals surface area contributed by atoms with Crippen molar-refractivity contribution in [2.75, 3.05) is 32.6 Å². The smallest absolute Gasteiger partial charge is 0.279 e. The normalized spacial score (nSPS) is 18.3. The van der Waals surface area contributed by atoms with Gasteiger partial charge in [-0.05, 0) is 35.9 Å². The van der Waals surface area contributed by atoms with Crippen molar-refractivity contribution in [3.05, 3.63) is 53.6 Å². The lowest BCUT2D eigenvalue weighted by atomic mass is 10.0. The number of carbonyl (C=O) groups excluding carboxylic acids is 1. The van der Waals surface area contributed by atoms with Crippen LogP contribution in [-0.2, 0) is 11.2 Å². The molecule has 146 valence electrons. The van der Waals surface area contributed by atoms with Crippen LogP contribution in [0.5, 0.6) is 11.5 Å². The zero-order valence-electron chi connectivity index (χ0n) is 16.3. The Morgan fingerprint density at radius 3 is 2.68 bits per heavy atom. The lowest BCUT2D eigenvalue weighted by molar-refractivity contribution is -0.910. The number of methoxy groups -OCH3 is 2. The van der Waals surface area contributed by atoms with E-state index in [1.54, 1.807) is 14.2 Å². The van der Waals surface area contributed by atoms with Gasteiger partial charge in [-0.3, -0.25) is 4.79 Å². The van der Waals surface area contributed by atoms with Crippen LogP contribution in [0.25, 0.3) is 0 Å². The first-order valence-corrected chi connectivity index (χ1v) is 9.47. The summed E-state index contributed by atoms with van der Waals surface area (Å²) in [4.78, 5) is 13.8. The maximum atomic E-state index is 12.6. The summed E-state index contributed by atoms with van der Waals surface area (Å²) < 4.78 is 10.9. The quantitative estimate of drug-likeness (QED) is 0.772. The van der Waals surface area contributed by atoms with Crippen molar-refractivity contribution in [2.24, 2.45) is 0 Å². The van der Waals surface area contributed by atoms with E-state index < -0.39 is 0 Å². The Morgan fingerprint density at radius 1 is 1.21 bits per heavy atom. The highest BCUT2D eigenvalue weighted by Gasteiger charge is 2.34. The summed E-state index contributed by atoms with van der Waals surface area (Å²) in [6, 6.07) is 15.6.